The Labute approximate surface area is 308 Å². The van der Waals surface area contributed by atoms with Gasteiger partial charge in [0.25, 0.3) is 0 Å². The van der Waals surface area contributed by atoms with Gasteiger partial charge in [0, 0.05) is 32.6 Å². The Balaban J connectivity index is 1.02. The van der Waals surface area contributed by atoms with Gasteiger partial charge in [-0.1, -0.05) is 135 Å². The minimum atomic E-state index is -0.174. The van der Waals surface area contributed by atoms with Crippen LogP contribution in [0.4, 0.5) is 0 Å². The van der Waals surface area contributed by atoms with Crippen LogP contribution in [0, 0.1) is 0 Å². The van der Waals surface area contributed by atoms with Gasteiger partial charge in [-0.15, -0.1) is 0 Å². The zero-order chi connectivity index (χ0) is 35.3. The summed E-state index contributed by atoms with van der Waals surface area (Å²) in [7, 11) is 0. The molecule has 2 aromatic heterocycles. The second-order valence-electron chi connectivity index (χ2n) is 14.9. The summed E-state index contributed by atoms with van der Waals surface area (Å²) in [6.45, 7) is 4.72. The summed E-state index contributed by atoms with van der Waals surface area (Å²) in [5, 5.41) is 4.93. The van der Waals surface area contributed by atoms with E-state index >= 15 is 0 Å². The normalized spacial score (nSPS) is 13.2. The maximum Gasteiger partial charge on any atom is 0.135 e. The highest BCUT2D eigenvalue weighted by atomic mass is 16.3. The highest BCUT2D eigenvalue weighted by molar-refractivity contribution is 6.12. The maximum atomic E-state index is 6.31. The van der Waals surface area contributed by atoms with Gasteiger partial charge in [-0.05, 0) is 110 Å². The molecule has 250 valence electrons. The van der Waals surface area contributed by atoms with Crippen LogP contribution in [-0.2, 0) is 5.41 Å². The Morgan fingerprint density at radius 2 is 0.943 bits per heavy atom. The standard InChI is InChI=1S/C51H35NO/c1-51(2)44-31-37(19-24-39(44)40-25-28-48-49(50(40)51)41-15-9-10-16-47(41)53-48)34-17-22-38(23-18-34)52-45-26-20-35(32-11-5-3-6-12-32)29-42(45)43-30-36(21-27-46(43)52)33-13-7-4-8-14-33/h3-31H,1-2H3. The van der Waals surface area contributed by atoms with E-state index in [1.54, 1.807) is 0 Å². The third kappa shape index (κ3) is 4.45. The molecule has 0 aliphatic heterocycles. The predicted octanol–water partition coefficient (Wildman–Crippen LogP) is 14.0. The van der Waals surface area contributed by atoms with Crippen LogP contribution in [0.25, 0.3) is 93.9 Å². The molecule has 0 bridgehead atoms. The highest BCUT2D eigenvalue weighted by Gasteiger charge is 2.38. The molecule has 1 aliphatic carbocycles. The lowest BCUT2D eigenvalue weighted by Crippen LogP contribution is -2.15. The van der Waals surface area contributed by atoms with Gasteiger partial charge in [0.05, 0.1) is 11.0 Å². The molecule has 0 N–H and O–H groups in total. The van der Waals surface area contributed by atoms with Crippen molar-refractivity contribution in [1.29, 1.82) is 0 Å². The first-order valence-electron chi connectivity index (χ1n) is 18.4. The van der Waals surface area contributed by atoms with Crippen molar-refractivity contribution >= 4 is 43.7 Å². The van der Waals surface area contributed by atoms with Crippen LogP contribution in [0.1, 0.15) is 25.0 Å². The van der Waals surface area contributed by atoms with Crippen molar-refractivity contribution in [2.75, 3.05) is 0 Å². The largest absolute Gasteiger partial charge is 0.456 e. The van der Waals surface area contributed by atoms with Crippen LogP contribution in [0.2, 0.25) is 0 Å². The Hall–Kier alpha value is -6.64. The first-order chi connectivity index (χ1) is 26.0. The van der Waals surface area contributed by atoms with E-state index in [-0.39, 0.29) is 5.41 Å². The van der Waals surface area contributed by atoms with Crippen LogP contribution in [-0.4, -0.2) is 4.57 Å². The number of hydrogen-bond donors (Lipinski definition) is 0. The average molecular weight is 678 g/mol. The summed E-state index contributed by atoms with van der Waals surface area (Å²) >= 11 is 0. The van der Waals surface area contributed by atoms with E-state index in [1.165, 1.54) is 88.2 Å². The molecule has 0 atom stereocenters. The molecule has 0 fully saturated rings. The predicted molar refractivity (Wildman–Crippen MR) is 222 cm³/mol. The van der Waals surface area contributed by atoms with Crippen LogP contribution in [0.15, 0.2) is 180 Å². The fraction of sp³-hybridized carbons (Fsp3) is 0.0588. The quantitative estimate of drug-likeness (QED) is 0.181. The smallest absolute Gasteiger partial charge is 0.135 e. The molecular weight excluding hydrogens is 643 g/mol. The molecule has 2 heterocycles. The molecule has 2 heteroatoms. The number of nitrogens with zero attached hydrogens (tertiary/aromatic N) is 1. The van der Waals surface area contributed by atoms with Crippen LogP contribution >= 0.6 is 0 Å². The average Bonchev–Trinajstić information content (AvgIpc) is 3.83. The monoisotopic (exact) mass is 677 g/mol. The minimum Gasteiger partial charge on any atom is -0.456 e. The summed E-state index contributed by atoms with van der Waals surface area (Å²) in [6.07, 6.45) is 0. The van der Waals surface area contributed by atoms with Crippen molar-refractivity contribution in [3.8, 4) is 50.2 Å². The van der Waals surface area contributed by atoms with Gasteiger partial charge in [-0.25, -0.2) is 0 Å². The van der Waals surface area contributed by atoms with Crippen molar-refractivity contribution in [1.82, 2.24) is 4.57 Å². The molecule has 8 aromatic carbocycles. The molecule has 0 spiro atoms. The molecule has 0 saturated heterocycles. The number of furan rings is 1. The third-order valence-corrected chi connectivity index (χ3v) is 11.6. The zero-order valence-corrected chi connectivity index (χ0v) is 29.6. The molecule has 0 radical (unpaired) electrons. The number of hydrogen-bond acceptors (Lipinski definition) is 1. The molecular formula is C51H35NO. The van der Waals surface area contributed by atoms with Gasteiger partial charge in [0.2, 0.25) is 0 Å². The lowest BCUT2D eigenvalue weighted by Gasteiger charge is -2.23. The van der Waals surface area contributed by atoms with Crippen molar-refractivity contribution in [3.05, 3.63) is 187 Å². The maximum absolute atomic E-state index is 6.31. The fourth-order valence-electron chi connectivity index (χ4n) is 9.03. The molecule has 11 rings (SSSR count). The summed E-state index contributed by atoms with van der Waals surface area (Å²) in [6, 6.07) is 64.1. The van der Waals surface area contributed by atoms with Crippen LogP contribution in [0.3, 0.4) is 0 Å². The number of benzene rings is 8. The Morgan fingerprint density at radius 1 is 0.415 bits per heavy atom. The number of aromatic nitrogens is 1. The number of rotatable bonds is 4. The molecule has 2 nitrogen and oxygen atoms in total. The fourth-order valence-corrected chi connectivity index (χ4v) is 9.03. The third-order valence-electron chi connectivity index (χ3n) is 11.6. The molecule has 10 aromatic rings. The first kappa shape index (κ1) is 30.0. The highest BCUT2D eigenvalue weighted by Crippen LogP contribution is 2.53. The van der Waals surface area contributed by atoms with Crippen molar-refractivity contribution in [2.45, 2.75) is 19.3 Å². The van der Waals surface area contributed by atoms with E-state index < -0.39 is 0 Å². The summed E-state index contributed by atoms with van der Waals surface area (Å²) < 4.78 is 8.73. The van der Waals surface area contributed by atoms with E-state index in [0.29, 0.717) is 0 Å². The van der Waals surface area contributed by atoms with Gasteiger partial charge in [0.1, 0.15) is 11.2 Å². The van der Waals surface area contributed by atoms with Gasteiger partial charge in [0.15, 0.2) is 0 Å². The van der Waals surface area contributed by atoms with Crippen molar-refractivity contribution < 1.29 is 4.42 Å². The lowest BCUT2D eigenvalue weighted by molar-refractivity contribution is 0.657. The molecule has 0 saturated carbocycles. The Kier molecular flexibility index (Phi) is 6.33. The SMILES string of the molecule is CC1(C)c2cc(-c3ccc(-n4c5ccc(-c6ccccc6)cc5c5cc(-c6ccccc6)ccc54)cc3)ccc2-c2ccc3oc4ccccc4c3c21. The minimum absolute atomic E-state index is 0.174. The van der Waals surface area contributed by atoms with Crippen LogP contribution < -0.4 is 0 Å². The Morgan fingerprint density at radius 3 is 1.60 bits per heavy atom. The van der Waals surface area contributed by atoms with Crippen molar-refractivity contribution in [2.24, 2.45) is 0 Å². The molecule has 53 heavy (non-hydrogen) atoms. The van der Waals surface area contributed by atoms with E-state index in [1.807, 2.05) is 6.07 Å². The molecule has 0 amide bonds. The van der Waals surface area contributed by atoms with E-state index in [4.69, 9.17) is 4.42 Å². The van der Waals surface area contributed by atoms with Gasteiger partial charge in [-0.3, -0.25) is 0 Å². The zero-order valence-electron chi connectivity index (χ0n) is 29.6. The number of para-hydroxylation sites is 1. The summed E-state index contributed by atoms with van der Waals surface area (Å²) in [4.78, 5) is 0. The van der Waals surface area contributed by atoms with Crippen LogP contribution in [0.5, 0.6) is 0 Å². The van der Waals surface area contributed by atoms with Gasteiger partial charge < -0.3 is 8.98 Å². The second kappa shape index (κ2) is 11.2. The van der Waals surface area contributed by atoms with E-state index in [9.17, 15) is 0 Å². The molecule has 1 aliphatic rings. The first-order valence-corrected chi connectivity index (χ1v) is 18.4. The second-order valence-corrected chi connectivity index (χ2v) is 14.9. The summed E-state index contributed by atoms with van der Waals surface area (Å²) in [5.41, 5.74) is 18.0. The number of fused-ring (bicyclic) bond motifs is 10. The van der Waals surface area contributed by atoms with E-state index in [2.05, 4.69) is 188 Å². The summed E-state index contributed by atoms with van der Waals surface area (Å²) in [5.74, 6) is 0. The lowest BCUT2D eigenvalue weighted by atomic mass is 9.80. The van der Waals surface area contributed by atoms with Gasteiger partial charge in [-0.2, -0.15) is 0 Å². The van der Waals surface area contributed by atoms with Gasteiger partial charge >= 0.3 is 0 Å². The Bertz CT molecular complexity index is 2960. The topological polar surface area (TPSA) is 18.1 Å². The van der Waals surface area contributed by atoms with Crippen molar-refractivity contribution in [3.63, 3.8) is 0 Å². The molecule has 0 unspecified atom stereocenters. The van der Waals surface area contributed by atoms with E-state index in [0.717, 1.165) is 16.9 Å².